The summed E-state index contributed by atoms with van der Waals surface area (Å²) >= 11 is 6.42. The number of carbonyl (C=O) groups is 4. The number of ether oxygens (including phenoxy) is 9. The second kappa shape index (κ2) is 48.0. The summed E-state index contributed by atoms with van der Waals surface area (Å²) in [4.78, 5) is 44.5. The van der Waals surface area contributed by atoms with Crippen LogP contribution in [0.4, 0.5) is 0 Å². The lowest BCUT2D eigenvalue weighted by atomic mass is 9.80. The van der Waals surface area contributed by atoms with Crippen molar-refractivity contribution in [2.24, 2.45) is 5.73 Å². The van der Waals surface area contributed by atoms with Crippen molar-refractivity contribution < 1.29 is 95.2 Å². The number of allylic oxidation sites excluding steroid dienone is 1. The van der Waals surface area contributed by atoms with Gasteiger partial charge < -0.3 is 84.7 Å². The number of nitrogens with two attached hydrogens (primary N) is 1. The molecule has 0 spiro atoms. The number of nitrogens with one attached hydrogen (secondary N) is 3. The molecular formula is C66H97ClN4O20S. The molecule has 10 N–H and O–H groups in total. The summed E-state index contributed by atoms with van der Waals surface area (Å²) in [5.41, 5.74) is 9.87. The first kappa shape index (κ1) is 83.2. The summed E-state index contributed by atoms with van der Waals surface area (Å²) < 4.78 is 78.1. The van der Waals surface area contributed by atoms with E-state index in [1.807, 2.05) is 104 Å². The van der Waals surface area contributed by atoms with Crippen LogP contribution >= 0.6 is 11.6 Å². The third kappa shape index (κ3) is 38.3. The molecule has 0 aliphatic carbocycles. The van der Waals surface area contributed by atoms with Crippen LogP contribution in [0.15, 0.2) is 143 Å². The highest BCUT2D eigenvalue weighted by atomic mass is 35.5. The number of dihydropyridines is 1. The topological polar surface area (TPSA) is 349 Å². The Labute approximate surface area is 547 Å². The van der Waals surface area contributed by atoms with E-state index in [4.69, 9.17) is 74.7 Å². The molecular weight excluding hydrogens is 1240 g/mol. The first-order valence-corrected chi connectivity index (χ1v) is 31.7. The molecule has 1 heterocycles. The van der Waals surface area contributed by atoms with Gasteiger partial charge in [-0.05, 0) is 101 Å². The molecule has 26 heteroatoms. The summed E-state index contributed by atoms with van der Waals surface area (Å²) in [5, 5.41) is 45.1. The van der Waals surface area contributed by atoms with Crippen molar-refractivity contribution in [1.29, 1.82) is 0 Å². The minimum atomic E-state index is -4.00. The van der Waals surface area contributed by atoms with Crippen LogP contribution in [0, 0.1) is 0 Å². The third-order valence-electron chi connectivity index (χ3n) is 11.8. The Morgan fingerprint density at radius 2 is 1.08 bits per heavy atom. The maximum Gasteiger partial charge on any atom is 0.336 e. The van der Waals surface area contributed by atoms with Crippen LogP contribution in [-0.2, 0) is 75.7 Å². The van der Waals surface area contributed by atoms with E-state index < -0.39 is 52.1 Å². The van der Waals surface area contributed by atoms with Crippen molar-refractivity contribution in [2.45, 2.75) is 130 Å². The van der Waals surface area contributed by atoms with E-state index in [1.54, 1.807) is 56.3 Å². The van der Waals surface area contributed by atoms with Crippen molar-refractivity contribution >= 4 is 45.6 Å². The second-order valence-electron chi connectivity index (χ2n) is 21.1. The number of aliphatic hydroxyl groups excluding tert-OH is 2. The molecule has 92 heavy (non-hydrogen) atoms. The van der Waals surface area contributed by atoms with Crippen molar-refractivity contribution in [3.8, 4) is 11.5 Å². The second-order valence-corrected chi connectivity index (χ2v) is 23.0. The molecule has 4 aromatic carbocycles. The van der Waals surface area contributed by atoms with Crippen molar-refractivity contribution in [1.82, 2.24) is 16.0 Å². The lowest BCUT2D eigenvalue weighted by Gasteiger charge is -2.31. The number of aliphatic hydroxyl groups is 2. The standard InChI is InChI=1S/C20H25ClN2O5.2C18H31NO4.C6H6O3S.C4H4O4/c1-4-28-20(25)18-15(11-27-10-9-22)23-12(2)16(19(24)26-3)17(18)13-7-5-6-8-14(13)21;2*1-14(2)19-11-17(20)13-23-18-7-5-16(6-8-18)12-21-9-10-22-15(3)4;7-10(8,9)6-4-2-1-3-5-6;5-3(6)1-2-4(7)8/h5-8,17,23H,4,9-11,22H2,1-3H3;2*5-8,14-15,17,19-20H,9-13H2,1-4H3;1-5H,(H,7,8,9);1-2H,(H,5,6)(H,7,8)/b;;;;2-1+. The van der Waals surface area contributed by atoms with Gasteiger partial charge in [0.25, 0.3) is 10.1 Å². The Morgan fingerprint density at radius 1 is 0.630 bits per heavy atom. The van der Waals surface area contributed by atoms with Crippen LogP contribution in [0.1, 0.15) is 91.8 Å². The summed E-state index contributed by atoms with van der Waals surface area (Å²) in [6.45, 7) is 25.8. The number of aliphatic carboxylic acids is 2. The first-order chi connectivity index (χ1) is 43.6. The van der Waals surface area contributed by atoms with Gasteiger partial charge in [-0.25, -0.2) is 19.2 Å². The van der Waals surface area contributed by atoms with Gasteiger partial charge in [-0.1, -0.05) is 100.0 Å². The molecule has 0 fully saturated rings. The minimum Gasteiger partial charge on any atom is -0.491 e. The van der Waals surface area contributed by atoms with E-state index in [1.165, 1.54) is 19.2 Å². The molecule has 1 aliphatic rings. The Hall–Kier alpha value is -6.82. The average molecular weight is 1330 g/mol. The predicted octanol–water partition coefficient (Wildman–Crippen LogP) is 7.64. The normalized spacial score (nSPS) is 13.5. The summed E-state index contributed by atoms with van der Waals surface area (Å²) in [5.74, 6) is -2.88. The predicted molar refractivity (Wildman–Crippen MR) is 350 cm³/mol. The number of halogens is 1. The van der Waals surface area contributed by atoms with Crippen LogP contribution in [0.5, 0.6) is 11.5 Å². The van der Waals surface area contributed by atoms with Gasteiger partial charge >= 0.3 is 23.9 Å². The summed E-state index contributed by atoms with van der Waals surface area (Å²) in [7, 11) is -2.71. The number of methoxy groups -OCH3 is 1. The Bertz CT molecular complexity index is 2830. The lowest BCUT2D eigenvalue weighted by Crippen LogP contribution is -2.35. The number of rotatable bonds is 35. The number of hydrogen-bond donors (Lipinski definition) is 9. The Balaban J connectivity index is 0.000000610. The van der Waals surface area contributed by atoms with Gasteiger partial charge in [0.1, 0.15) is 36.9 Å². The van der Waals surface area contributed by atoms with Gasteiger partial charge in [0.15, 0.2) is 0 Å². The molecule has 1 aliphatic heterocycles. The summed E-state index contributed by atoms with van der Waals surface area (Å²) in [6, 6.07) is 30.6. The van der Waals surface area contributed by atoms with E-state index in [0.29, 0.717) is 118 Å². The van der Waals surface area contributed by atoms with Gasteiger partial charge in [-0.3, -0.25) is 4.55 Å². The maximum atomic E-state index is 12.9. The molecule has 5 rings (SSSR count). The lowest BCUT2D eigenvalue weighted by molar-refractivity contribution is -0.139. The molecule has 4 aromatic rings. The van der Waals surface area contributed by atoms with Gasteiger partial charge in [0.05, 0.1) is 106 Å². The molecule has 0 aromatic heterocycles. The number of hydrogen-bond acceptors (Lipinski definition) is 21. The molecule has 514 valence electrons. The first-order valence-electron chi connectivity index (χ1n) is 29.9. The van der Waals surface area contributed by atoms with E-state index in [9.17, 15) is 37.8 Å². The third-order valence-corrected chi connectivity index (χ3v) is 13.0. The highest BCUT2D eigenvalue weighted by molar-refractivity contribution is 7.85. The van der Waals surface area contributed by atoms with Gasteiger partial charge in [0, 0.05) is 54.6 Å². The molecule has 24 nitrogen and oxygen atoms in total. The SMILES string of the molecule is CC(C)NCC(O)COc1ccc(COCCOC(C)C)cc1.CC(C)NCC(O)COc1ccc(COCCOC(C)C)cc1.CCOC(=O)C1=C(COCCN)NC(C)=C(C(=O)OC)C1c1ccccc1Cl.O=C(O)/C=C/C(=O)O.O=S(=O)(O)c1ccccc1. The number of carboxylic acid groups (broad SMARTS) is 2. The Kier molecular flexibility index (Phi) is 43.4. The highest BCUT2D eigenvalue weighted by Gasteiger charge is 2.39. The van der Waals surface area contributed by atoms with Crippen LogP contribution < -0.4 is 31.2 Å². The fraction of sp³-hybridized carbons (Fsp3) is 0.485. The average Bonchev–Trinajstić information content (AvgIpc) is 0.762. The van der Waals surface area contributed by atoms with Crippen molar-refractivity contribution in [3.63, 3.8) is 0 Å². The van der Waals surface area contributed by atoms with E-state index >= 15 is 0 Å². The highest BCUT2D eigenvalue weighted by Crippen LogP contribution is 2.42. The summed E-state index contributed by atoms with van der Waals surface area (Å²) in [6.07, 6.45) is 0.565. The van der Waals surface area contributed by atoms with E-state index in [0.717, 1.165) is 22.6 Å². The fourth-order valence-electron chi connectivity index (χ4n) is 7.53. The molecule has 0 bridgehead atoms. The van der Waals surface area contributed by atoms with Crippen LogP contribution in [0.3, 0.4) is 0 Å². The van der Waals surface area contributed by atoms with Gasteiger partial charge in [0.2, 0.25) is 0 Å². The molecule has 3 unspecified atom stereocenters. The minimum absolute atomic E-state index is 0.0741. The monoisotopic (exact) mass is 1330 g/mol. The number of carboxylic acids is 2. The zero-order chi connectivity index (χ0) is 69.0. The zero-order valence-corrected chi connectivity index (χ0v) is 56.2. The quantitative estimate of drug-likeness (QED) is 0.00924. The smallest absolute Gasteiger partial charge is 0.336 e. The van der Waals surface area contributed by atoms with Crippen LogP contribution in [0.2, 0.25) is 5.02 Å². The number of benzene rings is 4. The van der Waals surface area contributed by atoms with E-state index in [2.05, 4.69) is 16.0 Å². The molecule has 3 atom stereocenters. The Morgan fingerprint density at radius 3 is 1.46 bits per heavy atom. The molecule has 0 amide bonds. The molecule has 0 saturated heterocycles. The van der Waals surface area contributed by atoms with Crippen LogP contribution in [0.25, 0.3) is 0 Å². The van der Waals surface area contributed by atoms with Crippen molar-refractivity contribution in [3.05, 3.63) is 160 Å². The van der Waals surface area contributed by atoms with E-state index in [-0.39, 0.29) is 49.1 Å². The maximum absolute atomic E-state index is 12.9. The number of esters is 2. The number of carbonyl (C=O) groups excluding carboxylic acids is 2. The van der Waals surface area contributed by atoms with Crippen molar-refractivity contribution in [2.75, 3.05) is 86.2 Å². The zero-order valence-electron chi connectivity index (χ0n) is 54.6. The largest absolute Gasteiger partial charge is 0.491 e. The van der Waals surface area contributed by atoms with Gasteiger partial charge in [-0.2, -0.15) is 8.42 Å². The van der Waals surface area contributed by atoms with Crippen LogP contribution in [-0.4, -0.2) is 180 Å². The molecule has 0 radical (unpaired) electrons. The fourth-order valence-corrected chi connectivity index (χ4v) is 8.27. The molecule has 0 saturated carbocycles. The van der Waals surface area contributed by atoms with Gasteiger partial charge in [-0.15, -0.1) is 0 Å².